The van der Waals surface area contributed by atoms with Crippen LogP contribution in [0.2, 0.25) is 0 Å². The molecule has 0 N–H and O–H groups in total. The summed E-state index contributed by atoms with van der Waals surface area (Å²) in [6, 6.07) is 6.84. The second kappa shape index (κ2) is 6.27. The fraction of sp³-hybridized carbons (Fsp3) is 0.294. The van der Waals surface area contributed by atoms with Gasteiger partial charge < -0.3 is 13.8 Å². The van der Waals surface area contributed by atoms with Crippen molar-refractivity contribution in [2.24, 2.45) is 0 Å². The maximum atomic E-state index is 12.7. The third-order valence-electron chi connectivity index (χ3n) is 4.14. The van der Waals surface area contributed by atoms with E-state index in [0.717, 1.165) is 24.8 Å². The number of carbonyl (C=O) groups is 1. The molecule has 3 aromatic rings. The smallest absolute Gasteiger partial charge is 0.290 e. The molecule has 1 fully saturated rings. The predicted octanol–water partition coefficient (Wildman–Crippen LogP) is 3.09. The van der Waals surface area contributed by atoms with E-state index in [2.05, 4.69) is 15.1 Å². The topological polar surface area (TPSA) is 85.3 Å². The molecule has 1 aliphatic rings. The van der Waals surface area contributed by atoms with Crippen molar-refractivity contribution in [3.63, 3.8) is 0 Å². The van der Waals surface area contributed by atoms with E-state index >= 15 is 0 Å². The maximum Gasteiger partial charge on any atom is 0.290 e. The number of pyridine rings is 1. The van der Waals surface area contributed by atoms with Crippen LogP contribution in [-0.2, 0) is 0 Å². The van der Waals surface area contributed by atoms with Crippen molar-refractivity contribution < 1.29 is 13.7 Å². The molecule has 1 saturated heterocycles. The molecular weight excluding hydrogens is 308 g/mol. The molecule has 7 nitrogen and oxygen atoms in total. The van der Waals surface area contributed by atoms with Gasteiger partial charge in [-0.15, -0.1) is 0 Å². The van der Waals surface area contributed by atoms with Gasteiger partial charge in [0.2, 0.25) is 11.7 Å². The summed E-state index contributed by atoms with van der Waals surface area (Å²) in [7, 11) is 0. The molecule has 7 heteroatoms. The van der Waals surface area contributed by atoms with Crippen molar-refractivity contribution in [3.8, 4) is 11.4 Å². The van der Waals surface area contributed by atoms with Crippen LogP contribution in [0.4, 0.5) is 0 Å². The number of aromatic nitrogens is 3. The first-order valence-corrected chi connectivity index (χ1v) is 7.91. The van der Waals surface area contributed by atoms with Crippen molar-refractivity contribution >= 4 is 5.91 Å². The molecule has 4 heterocycles. The molecular formula is C17H16N4O3. The largest absolute Gasteiger partial charge is 0.459 e. The van der Waals surface area contributed by atoms with Gasteiger partial charge in [-0.1, -0.05) is 5.16 Å². The standard InChI is InChI=1S/C17H16N4O3/c22-17(14-7-4-10-23-14)21-9-2-1-6-13(21)16-19-15(20-24-16)12-5-3-8-18-11-12/h3-5,7-8,10-11,13H,1-2,6,9H2/t13-/m1/s1. The highest BCUT2D eigenvalue weighted by atomic mass is 16.5. The lowest BCUT2D eigenvalue weighted by Gasteiger charge is -2.32. The second-order valence-corrected chi connectivity index (χ2v) is 5.69. The fourth-order valence-corrected chi connectivity index (χ4v) is 2.96. The van der Waals surface area contributed by atoms with Crippen molar-refractivity contribution in [2.75, 3.05) is 6.54 Å². The number of rotatable bonds is 3. The van der Waals surface area contributed by atoms with Crippen LogP contribution < -0.4 is 0 Å². The average Bonchev–Trinajstić information content (AvgIpc) is 3.34. The van der Waals surface area contributed by atoms with E-state index in [4.69, 9.17) is 8.94 Å². The van der Waals surface area contributed by atoms with E-state index in [9.17, 15) is 4.79 Å². The maximum absolute atomic E-state index is 12.7. The van der Waals surface area contributed by atoms with Gasteiger partial charge in [0.15, 0.2) is 5.76 Å². The zero-order valence-electron chi connectivity index (χ0n) is 13.0. The number of nitrogens with zero attached hydrogens (tertiary/aromatic N) is 4. The summed E-state index contributed by atoms with van der Waals surface area (Å²) in [6.07, 6.45) is 7.63. The van der Waals surface area contributed by atoms with E-state index in [1.165, 1.54) is 6.26 Å². The lowest BCUT2D eigenvalue weighted by Crippen LogP contribution is -2.38. The van der Waals surface area contributed by atoms with Crippen molar-refractivity contribution in [3.05, 3.63) is 54.6 Å². The Balaban J connectivity index is 1.62. The Hall–Kier alpha value is -2.96. The molecule has 0 unspecified atom stereocenters. The Labute approximate surface area is 138 Å². The minimum Gasteiger partial charge on any atom is -0.459 e. The lowest BCUT2D eigenvalue weighted by atomic mass is 10.0. The minimum absolute atomic E-state index is 0.147. The van der Waals surface area contributed by atoms with Gasteiger partial charge in [0.25, 0.3) is 5.91 Å². The Bertz CT molecular complexity index is 814. The first-order valence-electron chi connectivity index (χ1n) is 7.91. The Morgan fingerprint density at radius 2 is 2.21 bits per heavy atom. The van der Waals surface area contributed by atoms with Gasteiger partial charge in [-0.3, -0.25) is 9.78 Å². The fourth-order valence-electron chi connectivity index (χ4n) is 2.96. The molecule has 122 valence electrons. The summed E-state index contributed by atoms with van der Waals surface area (Å²) in [5, 5.41) is 4.03. The molecule has 1 aliphatic heterocycles. The number of piperidine rings is 1. The third kappa shape index (κ3) is 2.68. The van der Waals surface area contributed by atoms with Crippen molar-refractivity contribution in [2.45, 2.75) is 25.3 Å². The number of hydrogen-bond acceptors (Lipinski definition) is 6. The quantitative estimate of drug-likeness (QED) is 0.736. The predicted molar refractivity (Wildman–Crippen MR) is 83.9 cm³/mol. The van der Waals surface area contributed by atoms with Crippen molar-refractivity contribution in [1.82, 2.24) is 20.0 Å². The first kappa shape index (κ1) is 14.6. The van der Waals surface area contributed by atoms with E-state index in [1.54, 1.807) is 29.4 Å². The molecule has 0 spiro atoms. The Morgan fingerprint density at radius 1 is 1.25 bits per heavy atom. The summed E-state index contributed by atoms with van der Waals surface area (Å²) in [5.41, 5.74) is 0.784. The van der Waals surface area contributed by atoms with E-state index in [1.807, 2.05) is 12.1 Å². The molecule has 1 amide bonds. The zero-order valence-corrected chi connectivity index (χ0v) is 13.0. The molecule has 1 atom stereocenters. The summed E-state index contributed by atoms with van der Waals surface area (Å²) in [6.45, 7) is 0.648. The highest BCUT2D eigenvalue weighted by Crippen LogP contribution is 2.32. The molecule has 24 heavy (non-hydrogen) atoms. The Morgan fingerprint density at radius 3 is 3.00 bits per heavy atom. The second-order valence-electron chi connectivity index (χ2n) is 5.69. The van der Waals surface area contributed by atoms with Gasteiger partial charge in [-0.25, -0.2) is 0 Å². The van der Waals surface area contributed by atoms with Crippen LogP contribution in [0.3, 0.4) is 0 Å². The third-order valence-corrected chi connectivity index (χ3v) is 4.14. The van der Waals surface area contributed by atoms with Crippen LogP contribution in [0.15, 0.2) is 51.9 Å². The number of carbonyl (C=O) groups excluding carboxylic acids is 1. The summed E-state index contributed by atoms with van der Waals surface area (Å²) in [5.74, 6) is 1.11. The first-order chi connectivity index (χ1) is 11.8. The highest BCUT2D eigenvalue weighted by molar-refractivity contribution is 5.91. The van der Waals surface area contributed by atoms with Gasteiger partial charge in [-0.05, 0) is 43.5 Å². The van der Waals surface area contributed by atoms with Crippen molar-refractivity contribution in [1.29, 1.82) is 0 Å². The van der Waals surface area contributed by atoms with Gasteiger partial charge >= 0.3 is 0 Å². The van der Waals surface area contributed by atoms with E-state index in [0.29, 0.717) is 24.0 Å². The Kier molecular flexibility index (Phi) is 3.82. The molecule has 0 radical (unpaired) electrons. The molecule has 0 aromatic carbocycles. The van der Waals surface area contributed by atoms with Crippen LogP contribution in [0.5, 0.6) is 0 Å². The van der Waals surface area contributed by atoms with E-state index < -0.39 is 0 Å². The summed E-state index contributed by atoms with van der Waals surface area (Å²) in [4.78, 5) is 22.9. The average molecular weight is 324 g/mol. The van der Waals surface area contributed by atoms with Crippen LogP contribution in [0.25, 0.3) is 11.4 Å². The number of likely N-dealkylation sites (tertiary alicyclic amines) is 1. The van der Waals surface area contributed by atoms with Gasteiger partial charge in [-0.2, -0.15) is 4.98 Å². The zero-order chi connectivity index (χ0) is 16.4. The molecule has 0 bridgehead atoms. The van der Waals surface area contributed by atoms with E-state index in [-0.39, 0.29) is 11.9 Å². The molecule has 4 rings (SSSR count). The van der Waals surface area contributed by atoms with Gasteiger partial charge in [0.05, 0.1) is 6.26 Å². The normalized spacial score (nSPS) is 17.8. The minimum atomic E-state index is -0.228. The molecule has 3 aromatic heterocycles. The van der Waals surface area contributed by atoms with Crippen LogP contribution in [-0.4, -0.2) is 32.5 Å². The van der Waals surface area contributed by atoms with Crippen LogP contribution >= 0.6 is 0 Å². The number of furan rings is 1. The highest BCUT2D eigenvalue weighted by Gasteiger charge is 2.33. The monoisotopic (exact) mass is 324 g/mol. The summed E-state index contributed by atoms with van der Waals surface area (Å²) >= 11 is 0. The van der Waals surface area contributed by atoms with Gasteiger partial charge in [0, 0.05) is 24.5 Å². The molecule has 0 aliphatic carbocycles. The summed E-state index contributed by atoms with van der Waals surface area (Å²) < 4.78 is 10.7. The SMILES string of the molecule is O=C(c1ccco1)N1CCCC[C@@H]1c1nc(-c2cccnc2)no1. The number of hydrogen-bond donors (Lipinski definition) is 0. The number of amides is 1. The van der Waals surface area contributed by atoms with Crippen LogP contribution in [0.1, 0.15) is 41.7 Å². The van der Waals surface area contributed by atoms with Gasteiger partial charge in [0.1, 0.15) is 6.04 Å². The van der Waals surface area contributed by atoms with Crippen LogP contribution in [0, 0.1) is 0 Å². The molecule has 0 saturated carbocycles. The lowest BCUT2D eigenvalue weighted by molar-refractivity contribution is 0.0529.